The molecule has 2 rings (SSSR count). The molecule has 0 aliphatic carbocycles. The van der Waals surface area contributed by atoms with Crippen molar-refractivity contribution in [1.82, 2.24) is 0 Å². The van der Waals surface area contributed by atoms with Crippen molar-refractivity contribution in [3.05, 3.63) is 64.0 Å². The van der Waals surface area contributed by atoms with Crippen molar-refractivity contribution in [2.24, 2.45) is 0 Å². The molecule has 0 aliphatic rings. The average molecular weight is 243 g/mol. The van der Waals surface area contributed by atoms with Crippen molar-refractivity contribution < 1.29 is 4.39 Å². The summed E-state index contributed by atoms with van der Waals surface area (Å²) in [5.74, 6) is 5.81. The molecule has 0 unspecified atom stereocenters. The van der Waals surface area contributed by atoms with Gasteiger partial charge >= 0.3 is 0 Å². The molecule has 17 heavy (non-hydrogen) atoms. The Bertz CT molecular complexity index is 540. The zero-order chi connectivity index (χ0) is 12.1. The van der Waals surface area contributed by atoms with Gasteiger partial charge in [-0.3, -0.25) is 0 Å². The lowest BCUT2D eigenvalue weighted by Crippen LogP contribution is -1.84. The quantitative estimate of drug-likeness (QED) is 0.698. The summed E-state index contributed by atoms with van der Waals surface area (Å²) in [7, 11) is 0. The standard InChI is InChI=1S/C15H12FS/c1-2-3-4-14-9-10-15(17-14)11-12-5-7-13(16)8-6-12/h2,5-10H,11H2,1H3. The lowest BCUT2D eigenvalue weighted by atomic mass is 10.1. The molecule has 2 heteroatoms. The van der Waals surface area contributed by atoms with E-state index in [2.05, 4.69) is 17.9 Å². The molecule has 1 aromatic heterocycles. The van der Waals surface area contributed by atoms with Crippen molar-refractivity contribution >= 4 is 11.3 Å². The van der Waals surface area contributed by atoms with E-state index in [9.17, 15) is 4.39 Å². The highest BCUT2D eigenvalue weighted by Gasteiger charge is 2.00. The van der Waals surface area contributed by atoms with Crippen LogP contribution in [0.2, 0.25) is 0 Å². The molecule has 85 valence electrons. The van der Waals surface area contributed by atoms with Crippen LogP contribution in [-0.4, -0.2) is 0 Å². The van der Waals surface area contributed by atoms with E-state index in [0.717, 1.165) is 16.9 Å². The minimum absolute atomic E-state index is 0.190. The number of hydrogen-bond donors (Lipinski definition) is 0. The predicted octanol–water partition coefficient (Wildman–Crippen LogP) is 4.05. The topological polar surface area (TPSA) is 0 Å². The summed E-state index contributed by atoms with van der Waals surface area (Å²) in [6.45, 7) is 1.92. The largest absolute Gasteiger partial charge is 0.207 e. The summed E-state index contributed by atoms with van der Waals surface area (Å²) in [5.41, 5.74) is 1.12. The van der Waals surface area contributed by atoms with E-state index in [-0.39, 0.29) is 5.82 Å². The highest BCUT2D eigenvalue weighted by atomic mass is 32.1. The highest BCUT2D eigenvalue weighted by Crippen LogP contribution is 2.19. The fourth-order valence-corrected chi connectivity index (χ4v) is 2.39. The molecule has 0 bridgehead atoms. The highest BCUT2D eigenvalue weighted by molar-refractivity contribution is 7.12. The van der Waals surface area contributed by atoms with Crippen molar-refractivity contribution in [3.8, 4) is 11.8 Å². The molecule has 0 saturated heterocycles. The van der Waals surface area contributed by atoms with Crippen LogP contribution in [0.15, 0.2) is 36.4 Å². The Kier molecular flexibility index (Phi) is 3.95. The lowest BCUT2D eigenvalue weighted by molar-refractivity contribution is 0.627. The number of halogens is 1. The molecule has 0 atom stereocenters. The fourth-order valence-electron chi connectivity index (χ4n) is 1.49. The SMILES string of the molecule is C[CH]C#Cc1ccc(Cc2ccc(F)cc2)s1. The van der Waals surface area contributed by atoms with Crippen LogP contribution in [0.1, 0.15) is 22.2 Å². The van der Waals surface area contributed by atoms with Gasteiger partial charge in [-0.25, -0.2) is 4.39 Å². The van der Waals surface area contributed by atoms with Gasteiger partial charge in [0.2, 0.25) is 0 Å². The summed E-state index contributed by atoms with van der Waals surface area (Å²) >= 11 is 1.68. The first-order chi connectivity index (χ1) is 8.28. The summed E-state index contributed by atoms with van der Waals surface area (Å²) in [6, 6.07) is 10.7. The molecule has 1 radical (unpaired) electrons. The molecule has 1 aromatic carbocycles. The molecule has 1 heterocycles. The molecule has 0 fully saturated rings. The Morgan fingerprint density at radius 2 is 1.94 bits per heavy atom. The van der Waals surface area contributed by atoms with Gasteiger partial charge in [-0.15, -0.1) is 11.3 Å². The summed E-state index contributed by atoms with van der Waals surface area (Å²) in [5, 5.41) is 0. The van der Waals surface area contributed by atoms with E-state index in [0.29, 0.717) is 0 Å². The van der Waals surface area contributed by atoms with Gasteiger partial charge in [-0.1, -0.05) is 30.9 Å². The van der Waals surface area contributed by atoms with E-state index in [4.69, 9.17) is 0 Å². The maximum atomic E-state index is 12.7. The third kappa shape index (κ3) is 3.44. The fraction of sp³-hybridized carbons (Fsp3) is 0.133. The van der Waals surface area contributed by atoms with E-state index in [1.165, 1.54) is 17.0 Å². The molecule has 0 N–H and O–H groups in total. The van der Waals surface area contributed by atoms with Crippen molar-refractivity contribution in [3.63, 3.8) is 0 Å². The first-order valence-corrected chi connectivity index (χ1v) is 6.22. The van der Waals surface area contributed by atoms with E-state index >= 15 is 0 Å². The van der Waals surface area contributed by atoms with Crippen LogP contribution in [0.25, 0.3) is 0 Å². The Hall–Kier alpha value is -1.59. The van der Waals surface area contributed by atoms with Crippen molar-refractivity contribution in [1.29, 1.82) is 0 Å². The monoisotopic (exact) mass is 243 g/mol. The summed E-state index contributed by atoms with van der Waals surface area (Å²) in [4.78, 5) is 2.32. The summed E-state index contributed by atoms with van der Waals surface area (Å²) < 4.78 is 12.7. The lowest BCUT2D eigenvalue weighted by Gasteiger charge is -1.97. The number of rotatable bonds is 2. The average Bonchev–Trinajstić information content (AvgIpc) is 2.77. The Balaban J connectivity index is 2.08. The first-order valence-electron chi connectivity index (χ1n) is 5.40. The van der Waals surface area contributed by atoms with Crippen LogP contribution in [0.3, 0.4) is 0 Å². The Labute approximate surface area is 105 Å². The Morgan fingerprint density at radius 3 is 2.65 bits per heavy atom. The molecule has 0 saturated carbocycles. The zero-order valence-electron chi connectivity index (χ0n) is 9.53. The second-order valence-electron chi connectivity index (χ2n) is 3.63. The van der Waals surface area contributed by atoms with Gasteiger partial charge in [-0.2, -0.15) is 0 Å². The number of hydrogen-bond acceptors (Lipinski definition) is 1. The number of benzene rings is 1. The van der Waals surface area contributed by atoms with Crippen molar-refractivity contribution in [2.75, 3.05) is 0 Å². The van der Waals surface area contributed by atoms with Crippen LogP contribution in [0.5, 0.6) is 0 Å². The van der Waals surface area contributed by atoms with E-state index < -0.39 is 0 Å². The van der Waals surface area contributed by atoms with Crippen LogP contribution >= 0.6 is 11.3 Å². The van der Waals surface area contributed by atoms with Crippen LogP contribution in [-0.2, 0) is 6.42 Å². The van der Waals surface area contributed by atoms with Gasteiger partial charge in [0.15, 0.2) is 0 Å². The van der Waals surface area contributed by atoms with Crippen LogP contribution in [0.4, 0.5) is 4.39 Å². The molecule has 0 spiro atoms. The molecular weight excluding hydrogens is 231 g/mol. The number of thiophene rings is 1. The third-order valence-corrected chi connectivity index (χ3v) is 3.29. The second-order valence-corrected chi connectivity index (χ2v) is 4.80. The van der Waals surface area contributed by atoms with Crippen LogP contribution < -0.4 is 0 Å². The van der Waals surface area contributed by atoms with Gasteiger partial charge in [0.1, 0.15) is 5.82 Å². The van der Waals surface area contributed by atoms with Gasteiger partial charge in [0, 0.05) is 17.7 Å². The minimum atomic E-state index is -0.190. The van der Waals surface area contributed by atoms with E-state index in [1.54, 1.807) is 11.3 Å². The smallest absolute Gasteiger partial charge is 0.123 e. The minimum Gasteiger partial charge on any atom is -0.207 e. The van der Waals surface area contributed by atoms with Gasteiger partial charge < -0.3 is 0 Å². The second kappa shape index (κ2) is 5.65. The Morgan fingerprint density at radius 1 is 1.18 bits per heavy atom. The normalized spacial score (nSPS) is 9.76. The molecule has 2 aromatic rings. The van der Waals surface area contributed by atoms with Gasteiger partial charge in [-0.05, 0) is 29.8 Å². The molecule has 0 amide bonds. The maximum Gasteiger partial charge on any atom is 0.123 e. The summed E-state index contributed by atoms with van der Waals surface area (Å²) in [6.07, 6.45) is 2.67. The first kappa shape index (κ1) is 11.9. The van der Waals surface area contributed by atoms with E-state index in [1.807, 2.05) is 31.5 Å². The molecular formula is C15H12FS. The van der Waals surface area contributed by atoms with Crippen LogP contribution in [0, 0.1) is 24.1 Å². The molecule has 0 nitrogen and oxygen atoms in total. The molecule has 0 aliphatic heterocycles. The zero-order valence-corrected chi connectivity index (χ0v) is 10.4. The van der Waals surface area contributed by atoms with Gasteiger partial charge in [0.05, 0.1) is 4.88 Å². The maximum absolute atomic E-state index is 12.7. The van der Waals surface area contributed by atoms with Gasteiger partial charge in [0.25, 0.3) is 0 Å². The third-order valence-electron chi connectivity index (χ3n) is 2.29. The predicted molar refractivity (Wildman–Crippen MR) is 70.4 cm³/mol. The van der Waals surface area contributed by atoms with Crippen molar-refractivity contribution in [2.45, 2.75) is 13.3 Å².